The normalized spacial score (nSPS) is 24.9. The molecule has 0 radical (unpaired) electrons. The van der Waals surface area contributed by atoms with Crippen molar-refractivity contribution in [2.75, 3.05) is 32.8 Å². The molecule has 2 N–H and O–H groups in total. The summed E-state index contributed by atoms with van der Waals surface area (Å²) in [4.78, 5) is 5.63. The summed E-state index contributed by atoms with van der Waals surface area (Å²) in [6.07, 6.45) is 4.86. The number of ether oxygens (including phenoxy) is 1. The summed E-state index contributed by atoms with van der Waals surface area (Å²) in [6, 6.07) is 4.03. The number of nitrogens with zero attached hydrogens (tertiary/aromatic N) is 2. The van der Waals surface area contributed by atoms with Crippen molar-refractivity contribution < 1.29 is 13.2 Å². The number of aliphatic imine (C=N–C) groups is 1. The van der Waals surface area contributed by atoms with E-state index in [0.29, 0.717) is 43.1 Å². The Balaban J connectivity index is 1.61. The van der Waals surface area contributed by atoms with Gasteiger partial charge in [0, 0.05) is 30.6 Å². The van der Waals surface area contributed by atoms with E-state index < -0.39 is 10.0 Å². The van der Waals surface area contributed by atoms with Crippen molar-refractivity contribution in [2.24, 2.45) is 10.9 Å². The molecule has 0 atom stereocenters. The number of morpholine rings is 1. The van der Waals surface area contributed by atoms with Gasteiger partial charge in [0.15, 0.2) is 5.96 Å². The quantitative estimate of drug-likeness (QED) is 0.537. The monoisotopic (exact) mass is 428 g/mol. The fourth-order valence-electron chi connectivity index (χ4n) is 3.57. The van der Waals surface area contributed by atoms with E-state index in [-0.39, 0.29) is 0 Å². The van der Waals surface area contributed by atoms with Gasteiger partial charge in [0.1, 0.15) is 4.21 Å². The molecule has 1 aromatic heterocycles. The summed E-state index contributed by atoms with van der Waals surface area (Å²) in [5.74, 6) is 1.63. The SMILES string of the molecule is CCNC(=NCc1ccc(S(=O)(=O)N2CCOCC2)s1)NC1CCC(C)CC1. The van der Waals surface area contributed by atoms with Crippen molar-refractivity contribution >= 4 is 27.3 Å². The molecule has 1 aliphatic heterocycles. The van der Waals surface area contributed by atoms with Crippen LogP contribution in [0.25, 0.3) is 0 Å². The number of thiophene rings is 1. The van der Waals surface area contributed by atoms with Gasteiger partial charge in [-0.15, -0.1) is 11.3 Å². The first-order chi connectivity index (χ1) is 13.5. The van der Waals surface area contributed by atoms with E-state index in [0.717, 1.165) is 23.3 Å². The molecule has 158 valence electrons. The standard InChI is InChI=1S/C19H32N4O3S2/c1-3-20-19(22-16-6-4-15(2)5-7-16)21-14-17-8-9-18(27-17)28(24,25)23-10-12-26-13-11-23/h8-9,15-16H,3-7,10-14H2,1-2H3,(H2,20,21,22). The zero-order chi connectivity index (χ0) is 20.0. The molecular formula is C19H32N4O3S2. The van der Waals surface area contributed by atoms with Gasteiger partial charge in [-0.1, -0.05) is 6.92 Å². The van der Waals surface area contributed by atoms with Crippen LogP contribution in [0.5, 0.6) is 0 Å². The van der Waals surface area contributed by atoms with E-state index in [1.165, 1.54) is 41.3 Å². The van der Waals surface area contributed by atoms with Crippen LogP contribution in [0.4, 0.5) is 0 Å². The maximum atomic E-state index is 12.8. The number of rotatable bonds is 6. The Morgan fingerprint density at radius 1 is 1.25 bits per heavy atom. The van der Waals surface area contributed by atoms with Gasteiger partial charge in [0.05, 0.1) is 19.8 Å². The van der Waals surface area contributed by atoms with Crippen molar-refractivity contribution in [3.05, 3.63) is 17.0 Å². The fraction of sp³-hybridized carbons (Fsp3) is 0.737. The largest absolute Gasteiger partial charge is 0.379 e. The summed E-state index contributed by atoms with van der Waals surface area (Å²) in [6.45, 7) is 7.40. The molecule has 1 saturated carbocycles. The summed E-state index contributed by atoms with van der Waals surface area (Å²) in [5, 5.41) is 6.84. The lowest BCUT2D eigenvalue weighted by Crippen LogP contribution is -2.44. The highest BCUT2D eigenvalue weighted by molar-refractivity contribution is 7.91. The van der Waals surface area contributed by atoms with E-state index in [4.69, 9.17) is 4.74 Å². The van der Waals surface area contributed by atoms with Crippen molar-refractivity contribution in [2.45, 2.75) is 56.3 Å². The molecule has 0 bridgehead atoms. The predicted octanol–water partition coefficient (Wildman–Crippen LogP) is 2.40. The minimum Gasteiger partial charge on any atom is -0.379 e. The zero-order valence-corrected chi connectivity index (χ0v) is 18.4. The Bertz CT molecular complexity index is 749. The average molecular weight is 429 g/mol. The van der Waals surface area contributed by atoms with Crippen molar-refractivity contribution in [3.8, 4) is 0 Å². The minimum absolute atomic E-state index is 0.388. The summed E-state index contributed by atoms with van der Waals surface area (Å²) >= 11 is 1.31. The molecular weight excluding hydrogens is 396 g/mol. The third-order valence-corrected chi connectivity index (χ3v) is 8.73. The van der Waals surface area contributed by atoms with E-state index in [9.17, 15) is 8.42 Å². The van der Waals surface area contributed by atoms with Crippen LogP contribution in [-0.4, -0.2) is 57.6 Å². The first-order valence-corrected chi connectivity index (χ1v) is 12.5. The molecule has 0 aromatic carbocycles. The number of hydrogen-bond donors (Lipinski definition) is 2. The first kappa shape index (κ1) is 21.5. The average Bonchev–Trinajstić information content (AvgIpc) is 3.19. The van der Waals surface area contributed by atoms with E-state index in [2.05, 4.69) is 29.5 Å². The molecule has 2 fully saturated rings. The molecule has 7 nitrogen and oxygen atoms in total. The predicted molar refractivity (Wildman–Crippen MR) is 113 cm³/mol. The lowest BCUT2D eigenvalue weighted by atomic mass is 9.87. The molecule has 9 heteroatoms. The Kier molecular flexibility index (Phi) is 7.73. The fourth-order valence-corrected chi connectivity index (χ4v) is 6.41. The Morgan fingerprint density at radius 2 is 1.96 bits per heavy atom. The highest BCUT2D eigenvalue weighted by atomic mass is 32.2. The molecule has 0 unspecified atom stereocenters. The molecule has 1 saturated heterocycles. The van der Waals surface area contributed by atoms with E-state index >= 15 is 0 Å². The zero-order valence-electron chi connectivity index (χ0n) is 16.8. The number of sulfonamides is 1. The van der Waals surface area contributed by atoms with Crippen LogP contribution < -0.4 is 10.6 Å². The number of hydrogen-bond acceptors (Lipinski definition) is 5. The third-order valence-electron chi connectivity index (χ3n) is 5.30. The Labute approximate surface area is 172 Å². The van der Waals surface area contributed by atoms with Crippen molar-refractivity contribution in [1.82, 2.24) is 14.9 Å². The van der Waals surface area contributed by atoms with Gasteiger partial charge in [-0.2, -0.15) is 4.31 Å². The summed E-state index contributed by atoms with van der Waals surface area (Å²) in [7, 11) is -3.43. The summed E-state index contributed by atoms with van der Waals surface area (Å²) in [5.41, 5.74) is 0. The number of guanidine groups is 1. The number of nitrogens with one attached hydrogen (secondary N) is 2. The van der Waals surface area contributed by atoms with Gasteiger partial charge in [-0.05, 0) is 50.7 Å². The van der Waals surface area contributed by atoms with Gasteiger partial charge in [0.2, 0.25) is 0 Å². The molecule has 3 rings (SSSR count). The van der Waals surface area contributed by atoms with Gasteiger partial charge >= 0.3 is 0 Å². The Morgan fingerprint density at radius 3 is 2.64 bits per heavy atom. The van der Waals surface area contributed by atoms with Crippen molar-refractivity contribution in [1.29, 1.82) is 0 Å². The Hall–Kier alpha value is -1.16. The highest BCUT2D eigenvalue weighted by Gasteiger charge is 2.27. The molecule has 0 spiro atoms. The second-order valence-corrected chi connectivity index (χ2v) is 10.9. The molecule has 1 aliphatic carbocycles. The van der Waals surface area contributed by atoms with Crippen LogP contribution in [0, 0.1) is 5.92 Å². The van der Waals surface area contributed by atoms with Crippen LogP contribution in [-0.2, 0) is 21.3 Å². The van der Waals surface area contributed by atoms with Gasteiger partial charge in [-0.3, -0.25) is 0 Å². The molecule has 1 aromatic rings. The van der Waals surface area contributed by atoms with E-state index in [1.54, 1.807) is 6.07 Å². The smallest absolute Gasteiger partial charge is 0.252 e. The van der Waals surface area contributed by atoms with Gasteiger partial charge in [-0.25, -0.2) is 13.4 Å². The van der Waals surface area contributed by atoms with Gasteiger partial charge < -0.3 is 15.4 Å². The van der Waals surface area contributed by atoms with Gasteiger partial charge in [0.25, 0.3) is 10.0 Å². The topological polar surface area (TPSA) is 83.0 Å². The van der Waals surface area contributed by atoms with Crippen LogP contribution in [0.15, 0.2) is 21.3 Å². The highest BCUT2D eigenvalue weighted by Crippen LogP contribution is 2.26. The maximum absolute atomic E-state index is 12.8. The molecule has 28 heavy (non-hydrogen) atoms. The molecule has 2 aliphatic rings. The van der Waals surface area contributed by atoms with Crippen LogP contribution in [0.3, 0.4) is 0 Å². The second-order valence-electron chi connectivity index (χ2n) is 7.53. The van der Waals surface area contributed by atoms with Crippen LogP contribution in [0.1, 0.15) is 44.4 Å². The van der Waals surface area contributed by atoms with Crippen molar-refractivity contribution in [3.63, 3.8) is 0 Å². The van der Waals surface area contributed by atoms with E-state index in [1.807, 2.05) is 6.07 Å². The lowest BCUT2D eigenvalue weighted by molar-refractivity contribution is 0.0731. The third kappa shape index (κ3) is 5.68. The summed E-state index contributed by atoms with van der Waals surface area (Å²) < 4.78 is 32.7. The molecule has 0 amide bonds. The molecule has 2 heterocycles. The second kappa shape index (κ2) is 10.0. The maximum Gasteiger partial charge on any atom is 0.252 e. The minimum atomic E-state index is -3.43. The lowest BCUT2D eigenvalue weighted by Gasteiger charge is -2.28. The van der Waals surface area contributed by atoms with Crippen LogP contribution >= 0.6 is 11.3 Å². The first-order valence-electron chi connectivity index (χ1n) is 10.2. The van der Waals surface area contributed by atoms with Crippen LogP contribution in [0.2, 0.25) is 0 Å².